The lowest BCUT2D eigenvalue weighted by molar-refractivity contribution is 0.379. The van der Waals surface area contributed by atoms with Gasteiger partial charge in [0.1, 0.15) is 5.82 Å². The van der Waals surface area contributed by atoms with Crippen molar-refractivity contribution in [3.63, 3.8) is 0 Å². The summed E-state index contributed by atoms with van der Waals surface area (Å²) in [5.41, 5.74) is 0.832. The minimum atomic E-state index is -3.91. The summed E-state index contributed by atoms with van der Waals surface area (Å²) in [7, 11) is -3.91. The predicted octanol–water partition coefficient (Wildman–Crippen LogP) is 1.69. The largest absolute Gasteiger partial charge is 0.369 e. The topological polar surface area (TPSA) is 58.4 Å². The zero-order valence-corrected chi connectivity index (χ0v) is 14.0. The van der Waals surface area contributed by atoms with Crippen LogP contribution in [0.15, 0.2) is 35.4 Å². The first kappa shape index (κ1) is 16.8. The second kappa shape index (κ2) is 6.48. The molecule has 0 saturated carbocycles. The Balaban J connectivity index is 1.73. The molecular formula is C15H18F2N4O2S. The van der Waals surface area contributed by atoms with Crippen LogP contribution in [0.5, 0.6) is 0 Å². The number of aryl methyl sites for hydroxylation is 1. The first-order chi connectivity index (χ1) is 11.4. The molecular weight excluding hydrogens is 338 g/mol. The van der Waals surface area contributed by atoms with Gasteiger partial charge in [-0.3, -0.25) is 0 Å². The predicted molar refractivity (Wildman–Crippen MR) is 85.2 cm³/mol. The van der Waals surface area contributed by atoms with Crippen molar-refractivity contribution in [3.8, 4) is 0 Å². The molecule has 0 aliphatic carbocycles. The van der Waals surface area contributed by atoms with Crippen molar-refractivity contribution in [3.05, 3.63) is 42.2 Å². The Labute approximate surface area is 139 Å². The third-order valence-electron chi connectivity index (χ3n) is 4.09. The van der Waals surface area contributed by atoms with Gasteiger partial charge in [0.05, 0.1) is 6.20 Å². The van der Waals surface area contributed by atoms with Gasteiger partial charge < -0.3 is 4.90 Å². The first-order valence-corrected chi connectivity index (χ1v) is 9.09. The Bertz CT molecular complexity index is 812. The Morgan fingerprint density at radius 1 is 1.08 bits per heavy atom. The molecule has 0 atom stereocenters. The smallest absolute Gasteiger partial charge is 0.249 e. The summed E-state index contributed by atoms with van der Waals surface area (Å²) in [5, 5.41) is 3.76. The zero-order valence-electron chi connectivity index (χ0n) is 13.2. The molecule has 24 heavy (non-hydrogen) atoms. The highest BCUT2D eigenvalue weighted by Crippen LogP contribution is 2.23. The molecule has 0 radical (unpaired) electrons. The number of aromatic nitrogens is 2. The van der Waals surface area contributed by atoms with Gasteiger partial charge in [-0.1, -0.05) is 0 Å². The summed E-state index contributed by atoms with van der Waals surface area (Å²) in [6.07, 6.45) is 1.06. The number of sulfonamides is 1. The molecule has 0 unspecified atom stereocenters. The summed E-state index contributed by atoms with van der Waals surface area (Å²) >= 11 is 0. The number of halogens is 2. The summed E-state index contributed by atoms with van der Waals surface area (Å²) in [6.45, 7) is 3.32. The van der Waals surface area contributed by atoms with Crippen LogP contribution in [0.4, 0.5) is 14.5 Å². The maximum absolute atomic E-state index is 14.1. The van der Waals surface area contributed by atoms with Crippen molar-refractivity contribution < 1.29 is 17.2 Å². The normalized spacial score (nSPS) is 16.5. The van der Waals surface area contributed by atoms with Crippen molar-refractivity contribution in [2.75, 3.05) is 31.1 Å². The van der Waals surface area contributed by atoms with Crippen LogP contribution in [-0.2, 0) is 16.6 Å². The van der Waals surface area contributed by atoms with Gasteiger partial charge in [-0.2, -0.15) is 13.8 Å². The van der Waals surface area contributed by atoms with E-state index >= 15 is 0 Å². The monoisotopic (exact) mass is 356 g/mol. The van der Waals surface area contributed by atoms with E-state index in [1.165, 1.54) is 16.4 Å². The van der Waals surface area contributed by atoms with Crippen LogP contribution in [0.2, 0.25) is 0 Å². The summed E-state index contributed by atoms with van der Waals surface area (Å²) in [6, 6.07) is 6.05. The number of piperazine rings is 1. The van der Waals surface area contributed by atoms with Crippen molar-refractivity contribution in [2.24, 2.45) is 0 Å². The summed E-state index contributed by atoms with van der Waals surface area (Å²) in [4.78, 5) is 1.58. The van der Waals surface area contributed by atoms with Crippen molar-refractivity contribution >= 4 is 15.7 Å². The Morgan fingerprint density at radius 2 is 1.71 bits per heavy atom. The third kappa shape index (κ3) is 3.01. The van der Waals surface area contributed by atoms with E-state index in [1.807, 2.05) is 4.90 Å². The van der Waals surface area contributed by atoms with Crippen molar-refractivity contribution in [2.45, 2.75) is 18.4 Å². The number of nitrogens with zero attached hydrogens (tertiary/aromatic N) is 4. The summed E-state index contributed by atoms with van der Waals surface area (Å²) in [5.74, 6) is -1.15. The minimum absolute atomic E-state index is 0.233. The van der Waals surface area contributed by atoms with Crippen LogP contribution in [-0.4, -0.2) is 48.7 Å². The average Bonchev–Trinajstić information content (AvgIpc) is 2.97. The lowest BCUT2D eigenvalue weighted by atomic mass is 10.2. The van der Waals surface area contributed by atoms with Crippen LogP contribution in [0, 0.1) is 11.8 Å². The molecule has 2 aromatic rings. The number of rotatable bonds is 4. The molecule has 1 aliphatic rings. The minimum Gasteiger partial charge on any atom is -0.369 e. The maximum Gasteiger partial charge on any atom is 0.249 e. The second-order valence-electron chi connectivity index (χ2n) is 5.48. The van der Waals surface area contributed by atoms with E-state index in [9.17, 15) is 17.2 Å². The summed E-state index contributed by atoms with van der Waals surface area (Å²) < 4.78 is 54.5. The van der Waals surface area contributed by atoms with Gasteiger partial charge in [-0.15, -0.1) is 0 Å². The third-order valence-corrected chi connectivity index (χ3v) is 5.97. The average molecular weight is 356 g/mol. The van der Waals surface area contributed by atoms with Crippen LogP contribution < -0.4 is 4.90 Å². The molecule has 0 N–H and O–H groups in total. The van der Waals surface area contributed by atoms with Crippen molar-refractivity contribution in [1.82, 2.24) is 14.1 Å². The van der Waals surface area contributed by atoms with Crippen LogP contribution >= 0.6 is 0 Å². The first-order valence-electron chi connectivity index (χ1n) is 7.65. The van der Waals surface area contributed by atoms with E-state index in [2.05, 4.69) is 5.10 Å². The van der Waals surface area contributed by atoms with E-state index in [-0.39, 0.29) is 30.3 Å². The van der Waals surface area contributed by atoms with Gasteiger partial charge in [0.2, 0.25) is 16.0 Å². The molecule has 9 heteroatoms. The molecule has 0 bridgehead atoms. The maximum atomic E-state index is 14.1. The second-order valence-corrected chi connectivity index (χ2v) is 7.39. The number of benzene rings is 1. The van der Waals surface area contributed by atoms with Crippen LogP contribution in [0.25, 0.3) is 0 Å². The Kier molecular flexibility index (Phi) is 4.55. The highest BCUT2D eigenvalue weighted by Gasteiger charge is 2.32. The van der Waals surface area contributed by atoms with E-state index < -0.39 is 16.0 Å². The molecule has 1 aromatic carbocycles. The SMILES string of the molecule is CCn1ncc(S(=O)(=O)N2CCN(c3ccc(F)cc3)CC2)c1F. The fourth-order valence-corrected chi connectivity index (χ4v) is 4.15. The molecule has 0 amide bonds. The van der Waals surface area contributed by atoms with Gasteiger partial charge in [0.25, 0.3) is 0 Å². The number of anilines is 1. The Hall–Kier alpha value is -2.00. The van der Waals surface area contributed by atoms with Gasteiger partial charge in [0.15, 0.2) is 4.90 Å². The van der Waals surface area contributed by atoms with E-state index in [0.717, 1.165) is 16.6 Å². The molecule has 0 spiro atoms. The van der Waals surface area contributed by atoms with Gasteiger partial charge in [-0.05, 0) is 31.2 Å². The number of hydrogen-bond acceptors (Lipinski definition) is 4. The van der Waals surface area contributed by atoms with E-state index in [0.29, 0.717) is 13.1 Å². The van der Waals surface area contributed by atoms with Crippen LogP contribution in [0.3, 0.4) is 0 Å². The molecule has 1 aromatic heterocycles. The molecule has 1 saturated heterocycles. The fourth-order valence-electron chi connectivity index (χ4n) is 2.72. The van der Waals surface area contributed by atoms with Gasteiger partial charge >= 0.3 is 0 Å². The molecule has 1 fully saturated rings. The standard InChI is InChI=1S/C15H18F2N4O2S/c1-2-21-15(17)14(11-18-21)24(22,23)20-9-7-19(8-10-20)13-5-3-12(16)4-6-13/h3-6,11H,2,7-10H2,1H3. The lowest BCUT2D eigenvalue weighted by Gasteiger charge is -2.35. The highest BCUT2D eigenvalue weighted by molar-refractivity contribution is 7.89. The van der Waals surface area contributed by atoms with Crippen LogP contribution in [0.1, 0.15) is 6.92 Å². The number of hydrogen-bond donors (Lipinski definition) is 0. The molecule has 3 rings (SSSR count). The Morgan fingerprint density at radius 3 is 2.25 bits per heavy atom. The zero-order chi connectivity index (χ0) is 17.3. The van der Waals surface area contributed by atoms with E-state index in [1.54, 1.807) is 19.1 Å². The van der Waals surface area contributed by atoms with Gasteiger partial charge in [0, 0.05) is 38.4 Å². The quantitative estimate of drug-likeness (QED) is 0.837. The lowest BCUT2D eigenvalue weighted by Crippen LogP contribution is -2.48. The van der Waals surface area contributed by atoms with Crippen molar-refractivity contribution in [1.29, 1.82) is 0 Å². The molecule has 6 nitrogen and oxygen atoms in total. The molecule has 2 heterocycles. The fraction of sp³-hybridized carbons (Fsp3) is 0.400. The highest BCUT2D eigenvalue weighted by atomic mass is 32.2. The van der Waals surface area contributed by atoms with Gasteiger partial charge in [-0.25, -0.2) is 17.5 Å². The molecule has 130 valence electrons. The molecule has 1 aliphatic heterocycles. The van der Waals surface area contributed by atoms with E-state index in [4.69, 9.17) is 0 Å².